The maximum absolute atomic E-state index is 14.4. The molecule has 3 saturated heterocycles. The first-order valence-electron chi connectivity index (χ1n) is 40.3. The molecule has 3 rings (SSSR count). The molecule has 17 atom stereocenters. The van der Waals surface area contributed by atoms with Gasteiger partial charge in [0.05, 0.1) is 24.5 Å². The maximum atomic E-state index is 14.4. The Bertz CT molecular complexity index is 3240. The van der Waals surface area contributed by atoms with Crippen molar-refractivity contribution in [1.82, 2.24) is 41.1 Å². The third-order valence-electron chi connectivity index (χ3n) is 19.3. The molecular weight excluding hydrogens is 1580 g/mol. The van der Waals surface area contributed by atoms with Crippen LogP contribution in [0.1, 0.15) is 225 Å². The molecule has 3 aliphatic heterocycles. The minimum atomic E-state index is -1.38. The Morgan fingerprint density at radius 2 is 0.750 bits per heavy atom. The quantitative estimate of drug-likeness (QED) is 0.0149. The third kappa shape index (κ3) is 41.9. The number of nitrogens with zero attached hydrogens (tertiary/aromatic N) is 2. The van der Waals surface area contributed by atoms with Crippen LogP contribution in [0.15, 0.2) is 0 Å². The van der Waals surface area contributed by atoms with Crippen LogP contribution in [0.3, 0.4) is 0 Å². The number of ether oxygens (including phenoxy) is 13. The summed E-state index contributed by atoms with van der Waals surface area (Å²) >= 11 is 5.02. The van der Waals surface area contributed by atoms with Gasteiger partial charge >= 0.3 is 41.8 Å². The summed E-state index contributed by atoms with van der Waals surface area (Å²) in [5.41, 5.74) is 0. The summed E-state index contributed by atoms with van der Waals surface area (Å²) in [6.45, 7) is 19.6. The minimum Gasteiger partial charge on any atom is -0.463 e. The second-order valence-corrected chi connectivity index (χ2v) is 33.5. The van der Waals surface area contributed by atoms with E-state index in [1.54, 1.807) is 32.6 Å². The molecule has 0 aromatic rings. The van der Waals surface area contributed by atoms with Crippen LogP contribution in [-0.2, 0) is 154 Å². The van der Waals surface area contributed by atoms with Gasteiger partial charge < -0.3 is 103 Å². The normalized spacial score (nSPS) is 23.4. The van der Waals surface area contributed by atoms with E-state index in [-0.39, 0.29) is 159 Å². The van der Waals surface area contributed by atoms with E-state index < -0.39 is 160 Å². The Labute approximate surface area is 689 Å². The first-order valence-corrected chi connectivity index (χ1v) is 44.0. The zero-order valence-corrected chi connectivity index (χ0v) is 72.5. The number of carbonyl (C=O) groups is 15. The van der Waals surface area contributed by atoms with Gasteiger partial charge in [-0.3, -0.25) is 71.9 Å². The molecule has 36 nitrogen and oxygen atoms in total. The molecule has 0 aromatic heterocycles. The van der Waals surface area contributed by atoms with Gasteiger partial charge in [0, 0.05) is 165 Å². The molecule has 3 heterocycles. The highest BCUT2D eigenvalue weighted by atomic mass is 32.9. The lowest BCUT2D eigenvalue weighted by Crippen LogP contribution is -2.62. The Morgan fingerprint density at radius 1 is 0.414 bits per heavy atom. The topological polar surface area (TPSA) is 455 Å². The molecule has 39 heteroatoms. The summed E-state index contributed by atoms with van der Waals surface area (Å²) in [7, 11) is 1.80. The van der Waals surface area contributed by atoms with Crippen molar-refractivity contribution in [3.05, 3.63) is 0 Å². The molecule has 0 spiro atoms. The van der Waals surface area contributed by atoms with Crippen LogP contribution in [0, 0.1) is 17.8 Å². The summed E-state index contributed by atoms with van der Waals surface area (Å²) in [6.07, 6.45) is -0.894. The summed E-state index contributed by atoms with van der Waals surface area (Å²) in [6, 6.07) is -2.10. The van der Waals surface area contributed by atoms with E-state index in [1.165, 1.54) is 67.2 Å². The molecular formula is C77H129N8O28PS2. The van der Waals surface area contributed by atoms with Crippen LogP contribution in [0.2, 0.25) is 0 Å². The molecule has 0 aliphatic carbocycles. The maximum Gasteiger partial charge on any atom is 0.307 e. The van der Waals surface area contributed by atoms with Gasteiger partial charge in [-0.25, -0.2) is 0 Å². The lowest BCUT2D eigenvalue weighted by molar-refractivity contribution is -0.262. The fourth-order valence-electron chi connectivity index (χ4n) is 13.6. The average molecular weight is 1710 g/mol. The smallest absolute Gasteiger partial charge is 0.307 e. The van der Waals surface area contributed by atoms with Gasteiger partial charge in [-0.15, -0.1) is 0 Å². The molecule has 6 N–H and O–H groups in total. The van der Waals surface area contributed by atoms with E-state index >= 15 is 0 Å². The van der Waals surface area contributed by atoms with Crippen LogP contribution in [0.5, 0.6) is 0 Å². The molecule has 8 unspecified atom stereocenters. The molecule has 662 valence electrons. The van der Waals surface area contributed by atoms with E-state index in [0.29, 0.717) is 89.9 Å². The lowest BCUT2D eigenvalue weighted by Gasteiger charge is -2.44. The largest absolute Gasteiger partial charge is 0.463 e. The fraction of sp³-hybridized carbons (Fsp3) is 0.805. The lowest BCUT2D eigenvalue weighted by atomic mass is 9.88. The zero-order chi connectivity index (χ0) is 86.4. The summed E-state index contributed by atoms with van der Waals surface area (Å²) in [5.74, 6) is -8.25. The predicted octanol–water partition coefficient (Wildman–Crippen LogP) is 4.03. The van der Waals surface area contributed by atoms with Gasteiger partial charge in [0.15, 0.2) is 25.0 Å². The van der Waals surface area contributed by atoms with E-state index in [4.69, 9.17) is 72.8 Å². The van der Waals surface area contributed by atoms with Gasteiger partial charge in [0.1, 0.15) is 56.4 Å². The number of hydrogen-bond acceptors (Lipinski definition) is 29. The Balaban J connectivity index is 1.70. The third-order valence-corrected chi connectivity index (χ3v) is 20.4. The summed E-state index contributed by atoms with van der Waals surface area (Å²) in [5, 5.41) is 14.4. The van der Waals surface area contributed by atoms with Gasteiger partial charge in [0.2, 0.25) is 41.4 Å². The van der Waals surface area contributed by atoms with Crippen LogP contribution >= 0.6 is 8.02 Å². The number of thiol groups is 1. The Morgan fingerprint density at radius 3 is 1.09 bits per heavy atom. The first-order chi connectivity index (χ1) is 55.0. The van der Waals surface area contributed by atoms with Crippen LogP contribution in [-0.4, -0.2) is 257 Å². The highest BCUT2D eigenvalue weighted by molar-refractivity contribution is 8.38. The van der Waals surface area contributed by atoms with Gasteiger partial charge in [-0.2, -0.15) is 0 Å². The van der Waals surface area contributed by atoms with Crippen molar-refractivity contribution in [2.75, 3.05) is 78.9 Å². The SMILES string of the molecule is CCC(OC(=O)CCC(=O)N[SH](=P)=S)C(=O)N(CCCNC(=O)CCCCCCO[C@@H]1OC(COC(C)=O)[C@H](OC(C)=O)[C@H](C)C1NC(C)=O)CCCN(CCCNC(=O)CCCCCCO[C@@H]1OC(COC(C)=O)[C@H](OC(C)=O)[C@H](C)C1NC(C)=O)C(=O)CCCCCCO[C@@H]1OC(COC(C)=O)[C@H](OC(C)=O)[C@H](C)C1NC(C)=O. The van der Waals surface area contributed by atoms with Crippen molar-refractivity contribution in [3.8, 4) is 0 Å². The second-order valence-electron chi connectivity index (χ2n) is 29.3. The summed E-state index contributed by atoms with van der Waals surface area (Å²) in [4.78, 5) is 192. The standard InChI is InChI=1S/C77H129N8O28PS2/c1-14-59(110-67(99)34-33-65(97)83-116(114)115)74(100)85(38-28-36-79-64(96)31-22-16-19-25-42-102-76-69(81-51(6)87)48(3)72(108-57(12)93)61(112-76)45-105-54(9)90)40-29-39-84(66(98)32-23-17-20-26-43-103-77-70(82-52(7)88)49(4)73(109-58(13)94)62(113-77)46-106-55(10)91)37-27-35-78-63(95)30-21-15-18-24-41-101-75-68(80-50(5)86)47(2)71(107-56(11)92)60(111-75)44-104-53(8)89/h47-49,59-62,68-73,75-77,114,116H,14-46H2,1-13H3,(H,78,95)(H,79,96)(H,80,86)(H,81,87)(H,82,88)(H,83,97,115)/t47-,48-,49-,59?,60?,61?,62?,68?,69?,70?,71-,72-,73-,75-,76-,77-/m1/s1. The van der Waals surface area contributed by atoms with Gasteiger partial charge in [-0.1, -0.05) is 83.1 Å². The number of hydrogen-bond donors (Lipinski definition) is 7. The highest BCUT2D eigenvalue weighted by Gasteiger charge is 2.50. The fourth-order valence-corrected chi connectivity index (χ4v) is 14.7. The minimum absolute atomic E-state index is 0.0952. The molecule has 3 aliphatic rings. The zero-order valence-electron chi connectivity index (χ0n) is 69.8. The molecule has 0 bridgehead atoms. The van der Waals surface area contributed by atoms with E-state index in [2.05, 4.69) is 39.3 Å². The van der Waals surface area contributed by atoms with Gasteiger partial charge in [-0.05, 0) is 75.4 Å². The number of unbranched alkanes of at least 4 members (excludes halogenated alkanes) is 9. The second kappa shape index (κ2) is 57.0. The summed E-state index contributed by atoms with van der Waals surface area (Å²) < 4.78 is 77.3. The van der Waals surface area contributed by atoms with E-state index in [9.17, 15) is 71.9 Å². The van der Waals surface area contributed by atoms with Crippen molar-refractivity contribution in [2.24, 2.45) is 17.8 Å². The first kappa shape index (κ1) is 103. The Kier molecular flexibility index (Phi) is 50.5. The Hall–Kier alpha value is -7.32. The molecule has 8 amide bonds. The van der Waals surface area contributed by atoms with E-state index in [1.807, 2.05) is 0 Å². The molecule has 116 heavy (non-hydrogen) atoms. The predicted molar refractivity (Wildman–Crippen MR) is 425 cm³/mol. The van der Waals surface area contributed by atoms with Crippen LogP contribution in [0.25, 0.3) is 0 Å². The highest BCUT2D eigenvalue weighted by Crippen LogP contribution is 2.33. The number of nitrogens with one attached hydrogen (secondary N) is 6. The van der Waals surface area contributed by atoms with Crippen LogP contribution < -0.4 is 31.3 Å². The van der Waals surface area contributed by atoms with E-state index in [0.717, 1.165) is 0 Å². The van der Waals surface area contributed by atoms with Crippen molar-refractivity contribution >= 4 is 117 Å². The number of rotatable bonds is 55. The van der Waals surface area contributed by atoms with Crippen molar-refractivity contribution in [3.63, 3.8) is 0 Å². The molecule has 3 fully saturated rings. The monoisotopic (exact) mass is 1710 g/mol. The molecule has 0 aromatic carbocycles. The van der Waals surface area contributed by atoms with Crippen molar-refractivity contribution in [2.45, 2.75) is 305 Å². The number of carbonyl (C=O) groups excluding carboxylic acids is 15. The van der Waals surface area contributed by atoms with Gasteiger partial charge in [0.25, 0.3) is 5.91 Å². The van der Waals surface area contributed by atoms with Crippen LogP contribution in [0.4, 0.5) is 0 Å². The molecule has 0 saturated carbocycles. The number of esters is 7. The number of amides is 8. The van der Waals surface area contributed by atoms with Crippen molar-refractivity contribution < 1.29 is 133 Å². The average Bonchev–Trinajstić information content (AvgIpc) is 0.807. The molecule has 0 radical (unpaired) electrons. The van der Waals surface area contributed by atoms with Crippen molar-refractivity contribution in [1.29, 1.82) is 0 Å².